The Hall–Kier alpha value is -1.96. The molecule has 2 saturated heterocycles. The Kier molecular flexibility index (Phi) is 10.6. The lowest BCUT2D eigenvalue weighted by molar-refractivity contribution is -0.143. The first-order valence-corrected chi connectivity index (χ1v) is 7.18. The highest BCUT2D eigenvalue weighted by molar-refractivity contribution is 6.61. The minimum Gasteiger partial charge on any atom is -0.415 e. The van der Waals surface area contributed by atoms with Crippen molar-refractivity contribution in [1.29, 1.82) is 0 Å². The summed E-state index contributed by atoms with van der Waals surface area (Å²) in [5, 5.41) is 2.81. The zero-order chi connectivity index (χ0) is 17.2. The van der Waals surface area contributed by atoms with E-state index in [0.717, 1.165) is 0 Å². The third-order valence-electron chi connectivity index (χ3n) is 2.77. The van der Waals surface area contributed by atoms with Crippen LogP contribution in [0.15, 0.2) is 30.3 Å². The molecule has 2 aliphatic heterocycles. The third-order valence-corrected chi connectivity index (χ3v) is 2.84. The molecule has 1 N–H and O–H groups in total. The Morgan fingerprint density at radius 1 is 1.08 bits per heavy atom. The lowest BCUT2D eigenvalue weighted by atomic mass is 10.2. The summed E-state index contributed by atoms with van der Waals surface area (Å²) >= 11 is 4.95. The van der Waals surface area contributed by atoms with Crippen molar-refractivity contribution in [2.75, 3.05) is 26.2 Å². The van der Waals surface area contributed by atoms with E-state index in [9.17, 15) is 19.2 Å². The van der Waals surface area contributed by atoms with Crippen molar-refractivity contribution in [2.45, 2.75) is 6.92 Å². The standard InChI is InChI=1S/C7H5ClO2.C5H7NO2.C3H5NO.ClH/c8-7(9)10-6-4-2-1-3-5-6;1-4(7)6-2-5(8)3-6;5-3-1-4-2-3;/h1-5H;2-3H2,1H3;4H,1-2H2;1H. The number of nitrogens with zero attached hydrogens (tertiary/aromatic N) is 1. The quantitative estimate of drug-likeness (QED) is 0.745. The number of nitrogens with one attached hydrogen (secondary N) is 1. The predicted molar refractivity (Wildman–Crippen MR) is 90.7 cm³/mol. The lowest BCUT2D eigenvalue weighted by Gasteiger charge is -2.27. The highest BCUT2D eigenvalue weighted by Crippen LogP contribution is 2.09. The third kappa shape index (κ3) is 9.24. The van der Waals surface area contributed by atoms with Crippen molar-refractivity contribution in [3.63, 3.8) is 0 Å². The number of hydrogen-bond acceptors (Lipinski definition) is 6. The minimum atomic E-state index is -0.814. The van der Waals surface area contributed by atoms with Crippen LogP contribution in [0.4, 0.5) is 4.79 Å². The molecule has 9 heteroatoms. The van der Waals surface area contributed by atoms with Gasteiger partial charge in [0.05, 0.1) is 26.2 Å². The van der Waals surface area contributed by atoms with E-state index in [1.54, 1.807) is 24.3 Å². The smallest absolute Gasteiger partial charge is 0.409 e. The summed E-state index contributed by atoms with van der Waals surface area (Å²) in [4.78, 5) is 42.1. The molecule has 7 nitrogen and oxygen atoms in total. The summed E-state index contributed by atoms with van der Waals surface area (Å²) in [6, 6.07) is 8.65. The van der Waals surface area contributed by atoms with E-state index in [2.05, 4.69) is 10.1 Å². The number of ether oxygens (including phenoxy) is 1. The van der Waals surface area contributed by atoms with E-state index in [1.807, 2.05) is 6.07 Å². The lowest BCUT2D eigenvalue weighted by Crippen LogP contribution is -2.49. The van der Waals surface area contributed by atoms with Gasteiger partial charge in [-0.25, -0.2) is 4.79 Å². The number of ketones is 2. The number of benzene rings is 1. The van der Waals surface area contributed by atoms with E-state index < -0.39 is 5.43 Å². The van der Waals surface area contributed by atoms with Gasteiger partial charge in [-0.15, -0.1) is 12.4 Å². The number of halogens is 2. The molecule has 3 rings (SSSR count). The molecule has 0 aliphatic carbocycles. The van der Waals surface area contributed by atoms with Crippen LogP contribution < -0.4 is 10.1 Å². The zero-order valence-corrected chi connectivity index (χ0v) is 14.6. The van der Waals surface area contributed by atoms with Crippen LogP contribution in [0.1, 0.15) is 6.92 Å². The average Bonchev–Trinajstić information content (AvgIpc) is 2.43. The number of para-hydroxylation sites is 1. The maximum atomic E-state index is 10.3. The fourth-order valence-corrected chi connectivity index (χ4v) is 1.50. The zero-order valence-electron chi connectivity index (χ0n) is 13.0. The van der Waals surface area contributed by atoms with Crippen molar-refractivity contribution >= 4 is 46.9 Å². The second-order valence-electron chi connectivity index (χ2n) is 4.71. The summed E-state index contributed by atoms with van der Waals surface area (Å²) < 4.78 is 4.54. The first kappa shape index (κ1) is 22.0. The van der Waals surface area contributed by atoms with Gasteiger partial charge in [0.1, 0.15) is 5.75 Å². The van der Waals surface area contributed by atoms with Crippen molar-refractivity contribution in [3.05, 3.63) is 30.3 Å². The molecule has 0 unspecified atom stereocenters. The number of Topliss-reactive ketones (excluding diaryl/α,β-unsaturated/α-hetero) is 2. The van der Waals surface area contributed by atoms with Gasteiger partial charge in [-0.1, -0.05) is 18.2 Å². The second kappa shape index (κ2) is 11.6. The SMILES string of the molecule is CC(=O)N1CC(=O)C1.Cl.O=C(Cl)Oc1ccccc1.O=C1CNC1. The summed E-state index contributed by atoms with van der Waals surface area (Å²) in [7, 11) is 0. The molecule has 1 aromatic carbocycles. The fourth-order valence-electron chi connectivity index (χ4n) is 1.41. The van der Waals surface area contributed by atoms with Crippen LogP contribution in [0.3, 0.4) is 0 Å². The number of amides is 1. The molecule has 2 heterocycles. The summed E-state index contributed by atoms with van der Waals surface area (Å²) in [6.45, 7) is 3.32. The molecule has 1 aromatic rings. The van der Waals surface area contributed by atoms with Crippen LogP contribution in [-0.2, 0) is 14.4 Å². The molecule has 0 bridgehead atoms. The molecule has 2 aliphatic rings. The van der Waals surface area contributed by atoms with Crippen molar-refractivity contribution in [2.24, 2.45) is 0 Å². The van der Waals surface area contributed by atoms with Gasteiger partial charge in [0.2, 0.25) is 5.91 Å². The van der Waals surface area contributed by atoms with Crippen molar-refractivity contribution in [3.8, 4) is 5.75 Å². The Balaban J connectivity index is 0.000000340. The van der Waals surface area contributed by atoms with E-state index in [-0.39, 0.29) is 24.1 Å². The predicted octanol–water partition coefficient (Wildman–Crippen LogP) is 1.42. The van der Waals surface area contributed by atoms with Gasteiger partial charge in [0.15, 0.2) is 11.6 Å². The molecule has 132 valence electrons. The number of carbonyl (C=O) groups is 4. The molecule has 0 saturated carbocycles. The highest BCUT2D eigenvalue weighted by Gasteiger charge is 2.24. The van der Waals surface area contributed by atoms with Crippen molar-refractivity contribution in [1.82, 2.24) is 10.2 Å². The Morgan fingerprint density at radius 2 is 1.58 bits per heavy atom. The van der Waals surface area contributed by atoms with Crippen LogP contribution in [-0.4, -0.2) is 54.0 Å². The summed E-state index contributed by atoms with van der Waals surface area (Å²) in [5.41, 5.74) is -0.814. The maximum absolute atomic E-state index is 10.3. The summed E-state index contributed by atoms with van der Waals surface area (Å²) in [6.07, 6.45) is 0. The van der Waals surface area contributed by atoms with Gasteiger partial charge < -0.3 is 15.0 Å². The Bertz CT molecular complexity index is 566. The van der Waals surface area contributed by atoms with E-state index in [1.165, 1.54) is 11.8 Å². The van der Waals surface area contributed by atoms with E-state index in [0.29, 0.717) is 37.7 Å². The number of rotatable bonds is 1. The van der Waals surface area contributed by atoms with Crippen LogP contribution >= 0.6 is 24.0 Å². The van der Waals surface area contributed by atoms with Crippen LogP contribution in [0, 0.1) is 0 Å². The normalized spacial score (nSPS) is 14.3. The van der Waals surface area contributed by atoms with Gasteiger partial charge >= 0.3 is 5.43 Å². The largest absolute Gasteiger partial charge is 0.415 e. The Morgan fingerprint density at radius 3 is 1.83 bits per heavy atom. The molecule has 24 heavy (non-hydrogen) atoms. The highest BCUT2D eigenvalue weighted by atomic mass is 35.5. The summed E-state index contributed by atoms with van der Waals surface area (Å²) in [5.74, 6) is 0.928. The minimum absolute atomic E-state index is 0. The molecule has 0 radical (unpaired) electrons. The molecular weight excluding hydrogens is 359 g/mol. The van der Waals surface area contributed by atoms with Gasteiger partial charge in [-0.05, 0) is 12.1 Å². The first-order chi connectivity index (χ1) is 10.9. The van der Waals surface area contributed by atoms with Gasteiger partial charge in [0, 0.05) is 18.5 Å². The fraction of sp³-hybridized carbons (Fsp3) is 0.333. The monoisotopic (exact) mass is 376 g/mol. The molecular formula is C15H18Cl2N2O5. The number of carbonyl (C=O) groups excluding carboxylic acids is 4. The topological polar surface area (TPSA) is 92.8 Å². The molecule has 2 fully saturated rings. The molecule has 1 amide bonds. The maximum Gasteiger partial charge on any atom is 0.409 e. The molecule has 0 atom stereocenters. The van der Waals surface area contributed by atoms with Crippen molar-refractivity contribution < 1.29 is 23.9 Å². The average molecular weight is 377 g/mol. The van der Waals surface area contributed by atoms with Gasteiger partial charge in [-0.2, -0.15) is 0 Å². The van der Waals surface area contributed by atoms with E-state index in [4.69, 9.17) is 11.6 Å². The second-order valence-corrected chi connectivity index (χ2v) is 5.02. The number of likely N-dealkylation sites (tertiary alicyclic amines) is 1. The Labute approximate surface area is 150 Å². The molecule has 0 aromatic heterocycles. The molecule has 0 spiro atoms. The van der Waals surface area contributed by atoms with Crippen LogP contribution in [0.5, 0.6) is 5.75 Å². The van der Waals surface area contributed by atoms with Gasteiger partial charge in [0.25, 0.3) is 0 Å². The van der Waals surface area contributed by atoms with Crippen LogP contribution in [0.2, 0.25) is 0 Å². The first-order valence-electron chi connectivity index (χ1n) is 6.80. The number of hydrogen-bond donors (Lipinski definition) is 1. The van der Waals surface area contributed by atoms with Crippen LogP contribution in [0.25, 0.3) is 0 Å². The van der Waals surface area contributed by atoms with Gasteiger partial charge in [-0.3, -0.25) is 14.4 Å². The van der Waals surface area contributed by atoms with E-state index >= 15 is 0 Å².